The number of rotatable bonds is 3. The van der Waals surface area contributed by atoms with Crippen molar-refractivity contribution in [1.29, 1.82) is 0 Å². The van der Waals surface area contributed by atoms with Crippen molar-refractivity contribution >= 4 is 0 Å². The molecule has 2 atom stereocenters. The zero-order chi connectivity index (χ0) is 5.40. The molecule has 0 saturated carbocycles. The molecule has 0 aromatic carbocycles. The number of epoxide rings is 2. The van der Waals surface area contributed by atoms with E-state index in [1.807, 2.05) is 0 Å². The second kappa shape index (κ2) is 1.71. The first kappa shape index (κ1) is 4.77. The molecule has 2 heteroatoms. The zero-order valence-electron chi connectivity index (χ0n) is 4.80. The van der Waals surface area contributed by atoms with Crippen LogP contribution >= 0.6 is 0 Å². The van der Waals surface area contributed by atoms with Crippen molar-refractivity contribution in [2.24, 2.45) is 0 Å². The Morgan fingerprint density at radius 3 is 1.62 bits per heavy atom. The Balaban J connectivity index is 1.56. The summed E-state index contributed by atoms with van der Waals surface area (Å²) >= 11 is 0. The molecule has 0 N–H and O–H groups in total. The topological polar surface area (TPSA) is 25.1 Å². The minimum Gasteiger partial charge on any atom is -0.373 e. The fourth-order valence-corrected chi connectivity index (χ4v) is 0.841. The summed E-state index contributed by atoms with van der Waals surface area (Å²) in [6.07, 6.45) is 3.62. The Kier molecular flexibility index (Phi) is 1.02. The van der Waals surface area contributed by atoms with E-state index in [-0.39, 0.29) is 0 Å². The first-order chi connectivity index (χ1) is 3.95. The summed E-state index contributed by atoms with van der Waals surface area (Å²) < 4.78 is 10.1. The van der Waals surface area contributed by atoms with Gasteiger partial charge in [0.2, 0.25) is 0 Å². The molecule has 2 fully saturated rings. The van der Waals surface area contributed by atoms with E-state index < -0.39 is 0 Å². The lowest BCUT2D eigenvalue weighted by Gasteiger charge is -1.86. The van der Waals surface area contributed by atoms with Gasteiger partial charge < -0.3 is 9.47 Å². The second-order valence-corrected chi connectivity index (χ2v) is 2.49. The zero-order valence-corrected chi connectivity index (χ0v) is 4.80. The fourth-order valence-electron chi connectivity index (χ4n) is 0.841. The van der Waals surface area contributed by atoms with Gasteiger partial charge in [-0.2, -0.15) is 0 Å². The molecule has 0 radical (unpaired) electrons. The molecule has 2 saturated heterocycles. The Morgan fingerprint density at radius 1 is 1.00 bits per heavy atom. The van der Waals surface area contributed by atoms with E-state index in [1.54, 1.807) is 0 Å². The van der Waals surface area contributed by atoms with Crippen molar-refractivity contribution in [2.75, 3.05) is 13.2 Å². The van der Waals surface area contributed by atoms with E-state index in [0.717, 1.165) is 13.2 Å². The van der Waals surface area contributed by atoms with Gasteiger partial charge in [0.05, 0.1) is 25.4 Å². The van der Waals surface area contributed by atoms with Crippen LogP contribution in [-0.4, -0.2) is 25.4 Å². The Labute approximate surface area is 48.8 Å². The van der Waals surface area contributed by atoms with Gasteiger partial charge in [0.25, 0.3) is 0 Å². The highest BCUT2D eigenvalue weighted by Crippen LogP contribution is 2.22. The SMILES string of the molecule is C(C[C@H]1CO1)C1CO1. The molecule has 2 heterocycles. The van der Waals surface area contributed by atoms with Gasteiger partial charge in [-0.3, -0.25) is 0 Å². The third-order valence-corrected chi connectivity index (χ3v) is 1.62. The van der Waals surface area contributed by atoms with Gasteiger partial charge in [0.1, 0.15) is 0 Å². The van der Waals surface area contributed by atoms with Crippen LogP contribution in [0.4, 0.5) is 0 Å². The van der Waals surface area contributed by atoms with Gasteiger partial charge in [-0.15, -0.1) is 0 Å². The fraction of sp³-hybridized carbons (Fsp3) is 1.00. The highest BCUT2D eigenvalue weighted by molar-refractivity contribution is 4.75. The van der Waals surface area contributed by atoms with Crippen LogP contribution < -0.4 is 0 Å². The van der Waals surface area contributed by atoms with Gasteiger partial charge in [-0.1, -0.05) is 0 Å². The van der Waals surface area contributed by atoms with E-state index in [2.05, 4.69) is 0 Å². The first-order valence-corrected chi connectivity index (χ1v) is 3.18. The maximum atomic E-state index is 5.03. The van der Waals surface area contributed by atoms with Gasteiger partial charge >= 0.3 is 0 Å². The molecule has 0 aromatic heterocycles. The van der Waals surface area contributed by atoms with E-state index in [1.165, 1.54) is 12.8 Å². The van der Waals surface area contributed by atoms with Gasteiger partial charge in [0.15, 0.2) is 0 Å². The molecule has 2 aliphatic rings. The van der Waals surface area contributed by atoms with Crippen LogP contribution in [-0.2, 0) is 9.47 Å². The molecular weight excluding hydrogens is 104 g/mol. The van der Waals surface area contributed by atoms with Crippen LogP contribution in [0.15, 0.2) is 0 Å². The molecular formula is C6H10O2. The standard InChI is InChI=1S/C6H10O2/c1(5-3-7-5)2-6-4-8-6/h5-6H,1-4H2/t5-,6?/m0/s1. The maximum absolute atomic E-state index is 5.03. The third kappa shape index (κ3) is 1.20. The molecule has 0 amide bonds. The highest BCUT2D eigenvalue weighted by Gasteiger charge is 2.28. The van der Waals surface area contributed by atoms with Crippen LogP contribution in [0.1, 0.15) is 12.8 Å². The molecule has 0 aromatic rings. The van der Waals surface area contributed by atoms with Crippen molar-refractivity contribution in [2.45, 2.75) is 25.0 Å². The van der Waals surface area contributed by atoms with E-state index in [9.17, 15) is 0 Å². The van der Waals surface area contributed by atoms with Gasteiger partial charge in [-0.25, -0.2) is 0 Å². The van der Waals surface area contributed by atoms with Crippen molar-refractivity contribution in [3.63, 3.8) is 0 Å². The minimum absolute atomic E-state index is 0.596. The summed E-state index contributed by atoms with van der Waals surface area (Å²) in [5, 5.41) is 0. The molecule has 0 spiro atoms. The Morgan fingerprint density at radius 2 is 1.38 bits per heavy atom. The van der Waals surface area contributed by atoms with Crippen molar-refractivity contribution in [3.05, 3.63) is 0 Å². The third-order valence-electron chi connectivity index (χ3n) is 1.62. The molecule has 0 bridgehead atoms. The van der Waals surface area contributed by atoms with Crippen LogP contribution in [0.5, 0.6) is 0 Å². The maximum Gasteiger partial charge on any atom is 0.0810 e. The summed E-state index contributed by atoms with van der Waals surface area (Å²) in [5.41, 5.74) is 0. The Bertz CT molecular complexity index is 72.5. The lowest BCUT2D eigenvalue weighted by atomic mass is 10.2. The molecule has 2 rings (SSSR count). The second-order valence-electron chi connectivity index (χ2n) is 2.49. The van der Waals surface area contributed by atoms with Crippen molar-refractivity contribution in [1.82, 2.24) is 0 Å². The van der Waals surface area contributed by atoms with E-state index in [0.29, 0.717) is 12.2 Å². The first-order valence-electron chi connectivity index (χ1n) is 3.18. The lowest BCUT2D eigenvalue weighted by molar-refractivity contribution is 0.356. The van der Waals surface area contributed by atoms with Crippen LogP contribution in [0.3, 0.4) is 0 Å². The molecule has 2 aliphatic heterocycles. The summed E-state index contributed by atoms with van der Waals surface area (Å²) in [7, 11) is 0. The monoisotopic (exact) mass is 114 g/mol. The average molecular weight is 114 g/mol. The molecule has 8 heavy (non-hydrogen) atoms. The normalized spacial score (nSPS) is 42.0. The minimum atomic E-state index is 0.596. The number of hydrogen-bond donors (Lipinski definition) is 0. The van der Waals surface area contributed by atoms with Crippen molar-refractivity contribution < 1.29 is 9.47 Å². The van der Waals surface area contributed by atoms with Crippen molar-refractivity contribution in [3.8, 4) is 0 Å². The van der Waals surface area contributed by atoms with Crippen LogP contribution in [0, 0.1) is 0 Å². The summed E-state index contributed by atoms with van der Waals surface area (Å²) in [4.78, 5) is 0. The largest absolute Gasteiger partial charge is 0.373 e. The average Bonchev–Trinajstić information content (AvgIpc) is 2.60. The molecule has 0 aliphatic carbocycles. The predicted octanol–water partition coefficient (Wildman–Crippen LogP) is 0.564. The number of hydrogen-bond acceptors (Lipinski definition) is 2. The van der Waals surface area contributed by atoms with Gasteiger partial charge in [0, 0.05) is 0 Å². The molecule has 1 unspecified atom stereocenters. The highest BCUT2D eigenvalue weighted by atomic mass is 16.6. The van der Waals surface area contributed by atoms with Gasteiger partial charge in [-0.05, 0) is 12.8 Å². The number of ether oxygens (including phenoxy) is 2. The molecule has 2 nitrogen and oxygen atoms in total. The van der Waals surface area contributed by atoms with E-state index in [4.69, 9.17) is 9.47 Å². The predicted molar refractivity (Wildman–Crippen MR) is 28.7 cm³/mol. The van der Waals surface area contributed by atoms with Crippen LogP contribution in [0.2, 0.25) is 0 Å². The summed E-state index contributed by atoms with van der Waals surface area (Å²) in [5.74, 6) is 0. The summed E-state index contributed by atoms with van der Waals surface area (Å²) in [6.45, 7) is 1.99. The lowest BCUT2D eigenvalue weighted by Crippen LogP contribution is -1.89. The Hall–Kier alpha value is -0.0800. The van der Waals surface area contributed by atoms with E-state index >= 15 is 0 Å². The molecule has 46 valence electrons. The smallest absolute Gasteiger partial charge is 0.0810 e. The van der Waals surface area contributed by atoms with Crippen LogP contribution in [0.25, 0.3) is 0 Å². The quantitative estimate of drug-likeness (QED) is 0.501. The summed E-state index contributed by atoms with van der Waals surface area (Å²) in [6, 6.07) is 0.